The largest absolute Gasteiger partial charge is 0.573 e. The Kier molecular flexibility index (Phi) is 3.65. The molecule has 1 aliphatic heterocycles. The summed E-state index contributed by atoms with van der Waals surface area (Å²) >= 11 is 0. The fraction of sp³-hybridized carbons (Fsp3) is 0.500. The summed E-state index contributed by atoms with van der Waals surface area (Å²) in [5.41, 5.74) is 0.366. The topological polar surface area (TPSA) is 32.7 Å². The van der Waals surface area contributed by atoms with E-state index in [1.807, 2.05) is 0 Å². The number of anilines is 1. The Hall–Kier alpha value is -1.43. The van der Waals surface area contributed by atoms with Gasteiger partial charge in [-0.1, -0.05) is 6.07 Å². The zero-order chi connectivity index (χ0) is 13.2. The second-order valence-corrected chi connectivity index (χ2v) is 4.22. The molecule has 2 rings (SSSR count). The van der Waals surface area contributed by atoms with Gasteiger partial charge in [0.05, 0.1) is 5.69 Å². The number of ether oxygens (including phenoxy) is 1. The highest BCUT2D eigenvalue weighted by Gasteiger charge is 2.33. The van der Waals surface area contributed by atoms with E-state index in [1.54, 1.807) is 4.90 Å². The molecule has 1 atom stereocenters. The lowest BCUT2D eigenvalue weighted by Crippen LogP contribution is -2.24. The van der Waals surface area contributed by atoms with E-state index in [-0.39, 0.29) is 18.3 Å². The van der Waals surface area contributed by atoms with Crippen molar-refractivity contribution in [3.05, 3.63) is 24.3 Å². The average molecular weight is 260 g/mol. The molecule has 0 unspecified atom stereocenters. The number of aliphatic hydroxyl groups is 1. The van der Waals surface area contributed by atoms with E-state index in [1.165, 1.54) is 18.2 Å². The smallest absolute Gasteiger partial charge is 0.404 e. The summed E-state index contributed by atoms with van der Waals surface area (Å²) < 4.78 is 40.8. The van der Waals surface area contributed by atoms with Crippen molar-refractivity contribution < 1.29 is 23.0 Å². The Morgan fingerprint density at radius 3 is 2.89 bits per heavy atom. The fourth-order valence-corrected chi connectivity index (χ4v) is 2.07. The molecule has 0 saturated carbocycles. The number of rotatable bonds is 3. The summed E-state index contributed by atoms with van der Waals surface area (Å²) in [5, 5.41) is 9.04. The summed E-state index contributed by atoms with van der Waals surface area (Å²) in [5.74, 6) is -0.121. The second-order valence-electron chi connectivity index (χ2n) is 4.22. The molecule has 0 amide bonds. The predicted octanol–water partition coefficient (Wildman–Crippen LogP) is 2.20. The van der Waals surface area contributed by atoms with E-state index in [0.29, 0.717) is 18.8 Å². The van der Waals surface area contributed by atoms with Gasteiger partial charge in [0.15, 0.2) is 5.75 Å². The molecule has 0 aromatic heterocycles. The van der Waals surface area contributed by atoms with Gasteiger partial charge < -0.3 is 14.7 Å². The SMILES string of the molecule is OC[C@@H]1CCN(c2c[c]ccc2OC(F)(F)F)C1. The van der Waals surface area contributed by atoms with Gasteiger partial charge in [-0.15, -0.1) is 13.2 Å². The van der Waals surface area contributed by atoms with E-state index >= 15 is 0 Å². The summed E-state index contributed by atoms with van der Waals surface area (Å²) in [6, 6.07) is 6.84. The van der Waals surface area contributed by atoms with Crippen molar-refractivity contribution in [3.63, 3.8) is 0 Å². The average Bonchev–Trinajstić information content (AvgIpc) is 2.76. The van der Waals surface area contributed by atoms with Gasteiger partial charge in [0.2, 0.25) is 0 Å². The molecular formula is C12H13F3NO2. The van der Waals surface area contributed by atoms with E-state index in [4.69, 9.17) is 5.11 Å². The van der Waals surface area contributed by atoms with Crippen molar-refractivity contribution in [1.82, 2.24) is 0 Å². The molecular weight excluding hydrogens is 247 g/mol. The number of aliphatic hydroxyl groups excluding tert-OH is 1. The molecule has 18 heavy (non-hydrogen) atoms. The number of hydrogen-bond donors (Lipinski definition) is 1. The lowest BCUT2D eigenvalue weighted by atomic mass is 10.1. The molecule has 3 nitrogen and oxygen atoms in total. The van der Waals surface area contributed by atoms with Gasteiger partial charge in [-0.3, -0.25) is 0 Å². The van der Waals surface area contributed by atoms with E-state index in [9.17, 15) is 13.2 Å². The molecule has 6 heteroatoms. The fourth-order valence-electron chi connectivity index (χ4n) is 2.07. The molecule has 1 aliphatic rings. The lowest BCUT2D eigenvalue weighted by Gasteiger charge is -2.22. The van der Waals surface area contributed by atoms with Crippen LogP contribution in [0.15, 0.2) is 18.2 Å². The summed E-state index contributed by atoms with van der Waals surface area (Å²) in [6.45, 7) is 1.18. The van der Waals surface area contributed by atoms with Crippen LogP contribution in [0.3, 0.4) is 0 Å². The third kappa shape index (κ3) is 3.07. The van der Waals surface area contributed by atoms with Crippen LogP contribution in [0.1, 0.15) is 6.42 Å². The van der Waals surface area contributed by atoms with Gasteiger partial charge >= 0.3 is 6.36 Å². The number of alkyl halides is 3. The van der Waals surface area contributed by atoms with Crippen molar-refractivity contribution in [2.45, 2.75) is 12.8 Å². The van der Waals surface area contributed by atoms with Crippen LogP contribution in [0, 0.1) is 12.0 Å². The molecule has 1 heterocycles. The summed E-state index contributed by atoms with van der Waals surface area (Å²) in [7, 11) is 0. The summed E-state index contributed by atoms with van der Waals surface area (Å²) in [6.07, 6.45) is -3.94. The van der Waals surface area contributed by atoms with Crippen LogP contribution < -0.4 is 9.64 Å². The number of benzene rings is 1. The predicted molar refractivity (Wildman–Crippen MR) is 59.4 cm³/mol. The third-order valence-corrected chi connectivity index (χ3v) is 2.91. The normalized spacial score (nSPS) is 20.2. The molecule has 1 saturated heterocycles. The Bertz CT molecular complexity index is 409. The van der Waals surface area contributed by atoms with Crippen LogP contribution in [0.5, 0.6) is 5.75 Å². The van der Waals surface area contributed by atoms with Crippen molar-refractivity contribution in [1.29, 1.82) is 0 Å². The molecule has 1 radical (unpaired) electrons. The van der Waals surface area contributed by atoms with Crippen molar-refractivity contribution in [3.8, 4) is 5.75 Å². The highest BCUT2D eigenvalue weighted by atomic mass is 19.4. The molecule has 1 aromatic rings. The van der Waals surface area contributed by atoms with E-state index in [2.05, 4.69) is 10.8 Å². The van der Waals surface area contributed by atoms with Crippen molar-refractivity contribution >= 4 is 5.69 Å². The molecule has 1 fully saturated rings. The quantitative estimate of drug-likeness (QED) is 0.904. The molecule has 1 aromatic carbocycles. The van der Waals surface area contributed by atoms with E-state index in [0.717, 1.165) is 6.42 Å². The zero-order valence-electron chi connectivity index (χ0n) is 9.57. The first-order valence-corrected chi connectivity index (χ1v) is 5.61. The minimum Gasteiger partial charge on any atom is -0.404 e. The first-order chi connectivity index (χ1) is 8.49. The first-order valence-electron chi connectivity index (χ1n) is 5.61. The second kappa shape index (κ2) is 5.06. The van der Waals surface area contributed by atoms with Crippen molar-refractivity contribution in [2.75, 3.05) is 24.6 Å². The van der Waals surface area contributed by atoms with Crippen LogP contribution in [0.4, 0.5) is 18.9 Å². The van der Waals surface area contributed by atoms with Crippen LogP contribution in [0.25, 0.3) is 0 Å². The van der Waals surface area contributed by atoms with Crippen LogP contribution in [-0.2, 0) is 0 Å². The minimum atomic E-state index is -4.70. The van der Waals surface area contributed by atoms with E-state index < -0.39 is 6.36 Å². The van der Waals surface area contributed by atoms with Crippen LogP contribution in [-0.4, -0.2) is 31.2 Å². The highest BCUT2D eigenvalue weighted by Crippen LogP contribution is 2.35. The third-order valence-electron chi connectivity index (χ3n) is 2.91. The Balaban J connectivity index is 2.18. The minimum absolute atomic E-state index is 0.0442. The Labute approximate surface area is 103 Å². The Morgan fingerprint density at radius 2 is 2.28 bits per heavy atom. The number of hydrogen-bond acceptors (Lipinski definition) is 3. The maximum atomic E-state index is 12.3. The standard InChI is InChI=1S/C12H13F3NO2/c13-12(14,15)18-11-4-2-1-3-10(11)16-6-5-9(7-16)8-17/h2-4,9,17H,5-8H2/t9-/m1/s1. The lowest BCUT2D eigenvalue weighted by molar-refractivity contribution is -0.274. The van der Waals surface area contributed by atoms with Gasteiger partial charge in [-0.25, -0.2) is 0 Å². The van der Waals surface area contributed by atoms with Gasteiger partial charge in [-0.05, 0) is 24.6 Å². The van der Waals surface area contributed by atoms with Crippen molar-refractivity contribution in [2.24, 2.45) is 5.92 Å². The van der Waals surface area contributed by atoms with Crippen LogP contribution in [0.2, 0.25) is 0 Å². The van der Waals surface area contributed by atoms with Gasteiger partial charge in [0.25, 0.3) is 0 Å². The maximum Gasteiger partial charge on any atom is 0.573 e. The molecule has 0 bridgehead atoms. The summed E-state index contributed by atoms with van der Waals surface area (Å²) in [4.78, 5) is 1.78. The molecule has 0 aliphatic carbocycles. The molecule has 99 valence electrons. The maximum absolute atomic E-state index is 12.3. The van der Waals surface area contributed by atoms with Gasteiger partial charge in [0.1, 0.15) is 0 Å². The van der Waals surface area contributed by atoms with Crippen LogP contribution >= 0.6 is 0 Å². The highest BCUT2D eigenvalue weighted by molar-refractivity contribution is 5.58. The number of nitrogens with zero attached hydrogens (tertiary/aromatic N) is 1. The zero-order valence-corrected chi connectivity index (χ0v) is 9.57. The molecule has 1 N–H and O–H groups in total. The number of halogens is 3. The van der Waals surface area contributed by atoms with Gasteiger partial charge in [-0.2, -0.15) is 0 Å². The molecule has 0 spiro atoms. The Morgan fingerprint density at radius 1 is 1.50 bits per heavy atom. The monoisotopic (exact) mass is 260 g/mol. The first kappa shape index (κ1) is 13.0. The van der Waals surface area contributed by atoms with Gasteiger partial charge in [0, 0.05) is 25.6 Å².